The molecule has 0 spiro atoms. The standard InChI is InChI=1S/C25H33N2/c1-5-10-18-19(11-6-2)24-16-17-26-23(13-8-4)20(12-7-3)22-15-9-14-21(18)25(22)27(24)26/h9,14-17H,5-8,10-13H2,1-4H3/q+1. The van der Waals surface area contributed by atoms with Gasteiger partial charge in [-0.3, -0.25) is 0 Å². The van der Waals surface area contributed by atoms with Crippen molar-refractivity contribution < 1.29 is 4.52 Å². The van der Waals surface area contributed by atoms with Crippen LogP contribution in [0.25, 0.3) is 21.8 Å². The number of aromatic nitrogens is 2. The fourth-order valence-corrected chi connectivity index (χ4v) is 5.03. The summed E-state index contributed by atoms with van der Waals surface area (Å²) in [6.45, 7) is 9.21. The third-order valence-corrected chi connectivity index (χ3v) is 6.00. The molecule has 142 valence electrons. The topological polar surface area (TPSA) is 8.51 Å². The molecule has 2 nitrogen and oxygen atoms in total. The molecule has 3 aromatic heterocycles. The molecule has 4 aromatic rings. The van der Waals surface area contributed by atoms with Crippen LogP contribution in [0, 0.1) is 0 Å². The average molecular weight is 362 g/mol. The highest BCUT2D eigenvalue weighted by Crippen LogP contribution is 2.32. The largest absolute Gasteiger partial charge is 0.251 e. The van der Waals surface area contributed by atoms with E-state index < -0.39 is 0 Å². The van der Waals surface area contributed by atoms with Crippen molar-refractivity contribution in [3.8, 4) is 0 Å². The lowest BCUT2D eigenvalue weighted by molar-refractivity contribution is -0.565. The van der Waals surface area contributed by atoms with Crippen LogP contribution in [0.1, 0.15) is 75.8 Å². The Hall–Kier alpha value is -2.09. The molecule has 0 unspecified atom stereocenters. The zero-order chi connectivity index (χ0) is 19.0. The quantitative estimate of drug-likeness (QED) is 0.336. The van der Waals surface area contributed by atoms with Crippen molar-refractivity contribution in [1.29, 1.82) is 0 Å². The van der Waals surface area contributed by atoms with Gasteiger partial charge in [0.2, 0.25) is 5.52 Å². The molecular formula is C25H33N2+. The molecule has 0 fully saturated rings. The highest BCUT2D eigenvalue weighted by molar-refractivity contribution is 5.98. The maximum Gasteiger partial charge on any atom is 0.251 e. The van der Waals surface area contributed by atoms with Gasteiger partial charge in [0, 0.05) is 11.6 Å². The van der Waals surface area contributed by atoms with E-state index in [-0.39, 0.29) is 0 Å². The molecule has 0 saturated carbocycles. The molecule has 2 heteroatoms. The fourth-order valence-electron chi connectivity index (χ4n) is 5.03. The summed E-state index contributed by atoms with van der Waals surface area (Å²) in [7, 11) is 0. The van der Waals surface area contributed by atoms with Crippen molar-refractivity contribution in [1.82, 2.24) is 4.52 Å². The Labute approximate surface area is 163 Å². The first-order valence-electron chi connectivity index (χ1n) is 11.0. The predicted molar refractivity (Wildman–Crippen MR) is 115 cm³/mol. The van der Waals surface area contributed by atoms with E-state index in [4.69, 9.17) is 0 Å². The molecule has 1 aromatic carbocycles. The first kappa shape index (κ1) is 18.3. The first-order valence-corrected chi connectivity index (χ1v) is 11.0. The number of aryl methyl sites for hydroxylation is 4. The molecule has 3 heterocycles. The van der Waals surface area contributed by atoms with Crippen molar-refractivity contribution in [2.75, 3.05) is 0 Å². The second kappa shape index (κ2) is 7.50. The van der Waals surface area contributed by atoms with E-state index in [2.05, 4.69) is 67.2 Å². The minimum atomic E-state index is 1.14. The SMILES string of the molecule is CCCc1c(CCC)c2ccn3c(CCC)c(CCC)c4cccc1c4[n+]23. The van der Waals surface area contributed by atoms with Crippen LogP contribution in [-0.2, 0) is 25.7 Å². The van der Waals surface area contributed by atoms with Crippen LogP contribution in [-0.4, -0.2) is 4.52 Å². The Morgan fingerprint density at radius 1 is 0.704 bits per heavy atom. The number of hydrogen-bond acceptors (Lipinski definition) is 0. The molecule has 0 N–H and O–H groups in total. The second-order valence-corrected chi connectivity index (χ2v) is 7.94. The summed E-state index contributed by atoms with van der Waals surface area (Å²) in [5, 5.41) is 2.94. The lowest BCUT2D eigenvalue weighted by Crippen LogP contribution is -2.35. The van der Waals surface area contributed by atoms with Gasteiger partial charge in [0.15, 0.2) is 0 Å². The van der Waals surface area contributed by atoms with Gasteiger partial charge in [0.25, 0.3) is 5.52 Å². The molecule has 0 atom stereocenters. The Morgan fingerprint density at radius 2 is 1.30 bits per heavy atom. The summed E-state index contributed by atoms with van der Waals surface area (Å²) in [5.74, 6) is 0. The van der Waals surface area contributed by atoms with Gasteiger partial charge >= 0.3 is 0 Å². The molecule has 0 radical (unpaired) electrons. The Kier molecular flexibility index (Phi) is 5.08. The predicted octanol–water partition coefficient (Wildman–Crippen LogP) is 6.08. The van der Waals surface area contributed by atoms with Gasteiger partial charge in [-0.1, -0.05) is 64.0 Å². The van der Waals surface area contributed by atoms with Crippen LogP contribution < -0.4 is 4.52 Å². The maximum atomic E-state index is 2.53. The lowest BCUT2D eigenvalue weighted by atomic mass is 9.92. The minimum absolute atomic E-state index is 1.14. The van der Waals surface area contributed by atoms with Gasteiger partial charge in [-0.25, -0.2) is 0 Å². The number of nitrogens with zero attached hydrogens (tertiary/aromatic N) is 2. The molecule has 4 rings (SSSR count). The van der Waals surface area contributed by atoms with Crippen LogP contribution in [0.4, 0.5) is 0 Å². The third-order valence-electron chi connectivity index (χ3n) is 6.00. The zero-order valence-electron chi connectivity index (χ0n) is 17.4. The van der Waals surface area contributed by atoms with Gasteiger partial charge in [0.1, 0.15) is 0 Å². The van der Waals surface area contributed by atoms with Gasteiger partial charge < -0.3 is 0 Å². The summed E-state index contributed by atoms with van der Waals surface area (Å²) in [5.41, 5.74) is 9.08. The summed E-state index contributed by atoms with van der Waals surface area (Å²) >= 11 is 0. The normalized spacial score (nSPS) is 12.1. The van der Waals surface area contributed by atoms with E-state index in [0.29, 0.717) is 0 Å². The van der Waals surface area contributed by atoms with Crippen molar-refractivity contribution in [3.05, 3.63) is 52.8 Å². The molecule has 0 aliphatic rings. The zero-order valence-corrected chi connectivity index (χ0v) is 17.4. The third kappa shape index (κ3) is 2.72. The van der Waals surface area contributed by atoms with Crippen LogP contribution in [0.3, 0.4) is 0 Å². The molecule has 27 heavy (non-hydrogen) atoms. The van der Waals surface area contributed by atoms with E-state index in [1.54, 1.807) is 16.7 Å². The van der Waals surface area contributed by atoms with Crippen LogP contribution in [0.2, 0.25) is 0 Å². The molecule has 0 saturated heterocycles. The van der Waals surface area contributed by atoms with Gasteiger partial charge in [-0.05, 0) is 48.9 Å². The number of benzene rings is 1. The molecule has 0 aliphatic heterocycles. The maximum absolute atomic E-state index is 2.53. The Balaban J connectivity index is 2.23. The van der Waals surface area contributed by atoms with Crippen LogP contribution in [0.5, 0.6) is 0 Å². The fraction of sp³-hybridized carbons (Fsp3) is 0.480. The number of rotatable bonds is 8. The van der Waals surface area contributed by atoms with Crippen LogP contribution >= 0.6 is 0 Å². The number of pyridine rings is 1. The van der Waals surface area contributed by atoms with E-state index in [9.17, 15) is 0 Å². The summed E-state index contributed by atoms with van der Waals surface area (Å²) in [6.07, 6.45) is 11.7. The number of para-hydroxylation sites is 1. The lowest BCUT2D eigenvalue weighted by Gasteiger charge is -2.16. The van der Waals surface area contributed by atoms with Crippen molar-refractivity contribution in [2.45, 2.75) is 79.1 Å². The van der Waals surface area contributed by atoms with Gasteiger partial charge in [-0.15, -0.1) is 4.52 Å². The Morgan fingerprint density at radius 3 is 1.96 bits per heavy atom. The van der Waals surface area contributed by atoms with Gasteiger partial charge in [-0.2, -0.15) is 0 Å². The molecule has 0 aliphatic carbocycles. The highest BCUT2D eigenvalue weighted by atomic mass is 15.3. The average Bonchev–Trinajstić information content (AvgIpc) is 3.12. The first-order chi connectivity index (χ1) is 13.3. The summed E-state index contributed by atoms with van der Waals surface area (Å²) in [6, 6.07) is 9.38. The summed E-state index contributed by atoms with van der Waals surface area (Å²) < 4.78 is 4.99. The molecular weight excluding hydrogens is 328 g/mol. The van der Waals surface area contributed by atoms with Crippen molar-refractivity contribution in [2.24, 2.45) is 0 Å². The second-order valence-electron chi connectivity index (χ2n) is 7.94. The van der Waals surface area contributed by atoms with E-state index in [0.717, 1.165) is 19.3 Å². The molecule has 0 bridgehead atoms. The van der Waals surface area contributed by atoms with E-state index in [1.165, 1.54) is 59.6 Å². The van der Waals surface area contributed by atoms with E-state index in [1.807, 2.05) is 0 Å². The molecule has 0 amide bonds. The smallest absolute Gasteiger partial charge is 0.126 e. The van der Waals surface area contributed by atoms with E-state index >= 15 is 0 Å². The highest BCUT2D eigenvalue weighted by Gasteiger charge is 2.28. The van der Waals surface area contributed by atoms with Crippen molar-refractivity contribution >= 4 is 21.8 Å². The van der Waals surface area contributed by atoms with Gasteiger partial charge in [0.05, 0.1) is 22.7 Å². The monoisotopic (exact) mass is 361 g/mol. The summed E-state index contributed by atoms with van der Waals surface area (Å²) in [4.78, 5) is 0. The Bertz CT molecular complexity index is 991. The minimum Gasteiger partial charge on any atom is -0.126 e. The van der Waals surface area contributed by atoms with Crippen molar-refractivity contribution in [3.63, 3.8) is 0 Å². The van der Waals surface area contributed by atoms with Crippen LogP contribution in [0.15, 0.2) is 30.5 Å². The number of hydrogen-bond donors (Lipinski definition) is 0.